The van der Waals surface area contributed by atoms with Gasteiger partial charge in [-0.05, 0) is 57.4 Å². The van der Waals surface area contributed by atoms with Crippen LogP contribution in [0.25, 0.3) is 16.7 Å². The van der Waals surface area contributed by atoms with Gasteiger partial charge in [0.2, 0.25) is 17.0 Å². The Kier molecular flexibility index (Phi) is 18.4. The van der Waals surface area contributed by atoms with E-state index in [1.807, 2.05) is 0 Å². The molecule has 1 amide bonds. The highest BCUT2D eigenvalue weighted by atomic mass is 19.1. The molecule has 1 unspecified atom stereocenters. The van der Waals surface area contributed by atoms with Crippen molar-refractivity contribution in [1.29, 1.82) is 0 Å². The van der Waals surface area contributed by atoms with Crippen molar-refractivity contribution in [3.05, 3.63) is 133 Å². The highest BCUT2D eigenvalue weighted by Crippen LogP contribution is 2.49. The maximum atomic E-state index is 16.0. The number of phenols is 1. The Morgan fingerprint density at radius 3 is 2.10 bits per heavy atom. The van der Waals surface area contributed by atoms with Crippen LogP contribution in [0.3, 0.4) is 0 Å². The summed E-state index contributed by atoms with van der Waals surface area (Å²) in [6, 6.07) is 3.50. The number of allylic oxidation sites excluding steroid dienone is 4. The van der Waals surface area contributed by atoms with Crippen molar-refractivity contribution in [3.8, 4) is 17.2 Å². The number of halogens is 3. The molecule has 3 fully saturated rings. The van der Waals surface area contributed by atoms with E-state index >= 15 is 18.4 Å². The number of carbonyl (C=O) groups is 6. The van der Waals surface area contributed by atoms with E-state index in [-0.39, 0.29) is 70.5 Å². The number of aromatic carboxylic acids is 1. The van der Waals surface area contributed by atoms with Crippen LogP contribution in [0.1, 0.15) is 115 Å². The number of pyridine rings is 2. The summed E-state index contributed by atoms with van der Waals surface area (Å²) in [6.45, 7) is 16.0. The number of benzene rings is 2. The lowest BCUT2D eigenvalue weighted by Gasteiger charge is -2.45. The first kappa shape index (κ1) is 64.7. The molecular weight excluding hydrogens is 1180 g/mol. The molecule has 0 radical (unpaired) electrons. The predicted molar refractivity (Wildman–Crippen MR) is 321 cm³/mol. The largest absolute Gasteiger partial charge is 0.507 e. The molecule has 8 heterocycles. The molecule has 10 atom stereocenters. The van der Waals surface area contributed by atoms with Crippen LogP contribution in [0, 0.1) is 48.0 Å². The number of ether oxygens (including phenoxy) is 4. The van der Waals surface area contributed by atoms with Gasteiger partial charge < -0.3 is 54.5 Å². The van der Waals surface area contributed by atoms with Gasteiger partial charge in [-0.25, -0.2) is 22.9 Å². The van der Waals surface area contributed by atoms with Crippen LogP contribution in [0.2, 0.25) is 0 Å². The van der Waals surface area contributed by atoms with E-state index in [9.17, 15) is 48.8 Å². The van der Waals surface area contributed by atoms with Crippen molar-refractivity contribution in [1.82, 2.24) is 29.6 Å². The number of esters is 1. The number of Topliss-reactive ketones (excluding diaryl/α,β-unsaturated/α-hetero) is 3. The maximum absolute atomic E-state index is 16.0. The number of aliphatic hydroxyl groups excluding tert-OH is 2. The van der Waals surface area contributed by atoms with Crippen molar-refractivity contribution in [3.63, 3.8) is 0 Å². The smallest absolute Gasteiger partial charge is 0.341 e. The SMILES string of the molecule is CO[C@H]1/C=C/O[C@@]2(C)Oc3c(C)c(O)c4c(c3C2=O)C(=O)C(N2CCC(N3CCN(C5CCN(c6nc7c(cc6F)c(=O)c(C(=O)O)cn7-c6ccc(F)cc6F)C5)CC3)CC2)=C(NC(=O)/C(C)=C\C=C\[C@@H](C)[C@H](O)[C@@H](C)[C@H](O)[C@@H](C)[C@@H](OC(C)=O)[C@@H]1C)C4=O. The Morgan fingerprint density at radius 1 is 0.800 bits per heavy atom. The number of carbonyl (C=O) groups excluding carboxylic acids is 5. The number of hydrogen-bond donors (Lipinski definition) is 5. The Bertz CT molecular complexity index is 3790. The zero-order valence-electron chi connectivity index (χ0n) is 51.4. The fourth-order valence-electron chi connectivity index (χ4n) is 13.6. The van der Waals surface area contributed by atoms with E-state index in [2.05, 4.69) is 20.1 Å². The number of rotatable bonds is 8. The fraction of sp³-hybridized carbons (Fsp3) is 0.477. The number of aromatic nitrogens is 2. The van der Waals surface area contributed by atoms with Gasteiger partial charge in [0, 0.05) is 132 Å². The van der Waals surface area contributed by atoms with Crippen molar-refractivity contribution in [2.24, 2.45) is 23.7 Å². The molecule has 5 N–H and O–H groups in total. The average molecular weight is 1250 g/mol. The lowest BCUT2D eigenvalue weighted by Crippen LogP contribution is -2.56. The first-order valence-corrected chi connectivity index (χ1v) is 30.1. The number of hydrogen-bond acceptors (Lipinski definition) is 19. The number of fused-ring (bicyclic) bond motifs is 15. The molecule has 90 heavy (non-hydrogen) atoms. The molecule has 22 nitrogen and oxygen atoms in total. The third-order valence-corrected chi connectivity index (χ3v) is 18.9. The molecule has 2 aromatic carbocycles. The quantitative estimate of drug-likeness (QED) is 0.124. The second kappa shape index (κ2) is 25.6. The Hall–Kier alpha value is -8.23. The number of carboxylic acids is 1. The number of carboxylic acid groups (broad SMARTS) is 1. The van der Waals surface area contributed by atoms with Crippen LogP contribution >= 0.6 is 0 Å². The summed E-state index contributed by atoms with van der Waals surface area (Å²) in [5, 5.41) is 47.2. The summed E-state index contributed by atoms with van der Waals surface area (Å²) in [5.41, 5.74) is -4.04. The summed E-state index contributed by atoms with van der Waals surface area (Å²) < 4.78 is 70.1. The Balaban J connectivity index is 0.891. The number of piperidine rings is 1. The monoisotopic (exact) mass is 1250 g/mol. The van der Waals surface area contributed by atoms with Gasteiger partial charge in [-0.3, -0.25) is 43.1 Å². The number of amides is 1. The van der Waals surface area contributed by atoms with Gasteiger partial charge in [0.1, 0.15) is 46.2 Å². The van der Waals surface area contributed by atoms with E-state index in [4.69, 9.17) is 18.9 Å². The number of ketones is 3. The van der Waals surface area contributed by atoms with Crippen molar-refractivity contribution in [2.75, 3.05) is 64.4 Å². The Morgan fingerprint density at radius 2 is 1.46 bits per heavy atom. The van der Waals surface area contributed by atoms with Gasteiger partial charge in [-0.2, -0.15) is 0 Å². The zero-order chi connectivity index (χ0) is 65.1. The van der Waals surface area contributed by atoms with Gasteiger partial charge >= 0.3 is 17.7 Å². The third-order valence-electron chi connectivity index (χ3n) is 18.9. The molecule has 3 saturated heterocycles. The molecule has 11 rings (SSSR count). The van der Waals surface area contributed by atoms with Crippen LogP contribution in [-0.4, -0.2) is 182 Å². The summed E-state index contributed by atoms with van der Waals surface area (Å²) in [4.78, 5) is 110. The number of aliphatic hydroxyl groups is 2. The molecule has 5 bridgehead atoms. The second-order valence-corrected chi connectivity index (χ2v) is 24.5. The van der Waals surface area contributed by atoms with E-state index in [0.29, 0.717) is 64.6 Å². The minimum atomic E-state index is -2.16. The molecule has 1 aliphatic carbocycles. The summed E-state index contributed by atoms with van der Waals surface area (Å²) in [6.07, 6.45) is 5.67. The number of likely N-dealkylation sites (tertiary alicyclic amines) is 1. The number of anilines is 1. The normalized spacial score (nSPS) is 29.0. The van der Waals surface area contributed by atoms with Gasteiger partial charge in [-0.15, -0.1) is 0 Å². The topological polar surface area (TPSA) is 280 Å². The molecule has 4 aromatic rings. The number of aromatic hydroxyl groups is 1. The van der Waals surface area contributed by atoms with Crippen molar-refractivity contribution in [2.45, 2.75) is 117 Å². The fourth-order valence-corrected chi connectivity index (χ4v) is 13.6. The van der Waals surface area contributed by atoms with E-state index in [1.165, 1.54) is 47.0 Å². The molecule has 6 aliphatic heterocycles. The first-order chi connectivity index (χ1) is 42.6. The zero-order valence-corrected chi connectivity index (χ0v) is 51.4. The standard InChI is InChI=1S/C65H74F3N7O15/c1-31-11-10-12-32(2)63(84)69-50-51(57(82)47-48(56(50)81)54(79)36(6)59-49(47)60(83)65(8,90-59)88-26-18-46(87-9)33(3)58(89-37(7)76)35(5)53(78)34(4)52(31)77)73-19-15-39(16-20-73)71-22-24-72(25-23-71)40-17-21-74(29-40)62-44(68)28-41-55(80)42(64(85)86)30-75(61(41)70-62)45-14-13-38(66)27-43(45)67/h10-14,18,26-28,30-31,33-35,39-40,46,52-53,58,77-79H,15-17,19-25,29H2,1-9H3,(H,69,84)(H,85,86)/b11-10+,26-18+,32-12-/t31-,33-,34-,35-,40?,46+,52+,53+,58+,65+/m1/s1. The highest BCUT2D eigenvalue weighted by Gasteiger charge is 2.54. The lowest BCUT2D eigenvalue weighted by atomic mass is 9.78. The van der Waals surface area contributed by atoms with Crippen molar-refractivity contribution >= 4 is 52.0 Å². The summed E-state index contributed by atoms with van der Waals surface area (Å²) >= 11 is 0. The molecule has 25 heteroatoms. The maximum Gasteiger partial charge on any atom is 0.341 e. The minimum Gasteiger partial charge on any atom is -0.507 e. The number of piperazine rings is 1. The number of phenolic OH excluding ortho intramolecular Hbond substituents is 1. The third kappa shape index (κ3) is 11.9. The van der Waals surface area contributed by atoms with E-state index < -0.39 is 145 Å². The van der Waals surface area contributed by atoms with Crippen LogP contribution in [-0.2, 0) is 23.8 Å². The average Bonchev–Trinajstić information content (AvgIpc) is 1.40. The van der Waals surface area contributed by atoms with Gasteiger partial charge in [0.25, 0.3) is 11.7 Å². The Labute approximate surface area is 516 Å². The van der Waals surface area contributed by atoms with Gasteiger partial charge in [0.05, 0.1) is 52.3 Å². The molecular formula is C65H74F3N7O15. The molecule has 2 aromatic heterocycles. The highest BCUT2D eigenvalue weighted by molar-refractivity contribution is 6.32. The van der Waals surface area contributed by atoms with Gasteiger partial charge in [0.15, 0.2) is 17.3 Å². The van der Waals surface area contributed by atoms with E-state index in [0.717, 1.165) is 35.2 Å². The number of nitrogens with one attached hydrogen (secondary N) is 1. The number of nitrogens with zero attached hydrogens (tertiary/aromatic N) is 6. The molecule has 480 valence electrons. The molecule has 0 spiro atoms. The van der Waals surface area contributed by atoms with Crippen molar-refractivity contribution < 1.29 is 81.3 Å². The summed E-state index contributed by atoms with van der Waals surface area (Å²) in [7, 11) is 1.41. The predicted octanol–water partition coefficient (Wildman–Crippen LogP) is 6.13. The molecule has 0 saturated carbocycles. The van der Waals surface area contributed by atoms with E-state index in [1.54, 1.807) is 49.6 Å². The first-order valence-electron chi connectivity index (χ1n) is 30.1. The summed E-state index contributed by atoms with van der Waals surface area (Å²) in [5.74, 6) is -14.3. The van der Waals surface area contributed by atoms with Crippen LogP contribution in [0.4, 0.5) is 19.0 Å². The van der Waals surface area contributed by atoms with Gasteiger partial charge in [-0.1, -0.05) is 45.9 Å². The van der Waals surface area contributed by atoms with Crippen LogP contribution in [0.5, 0.6) is 11.5 Å². The lowest BCUT2D eigenvalue weighted by molar-refractivity contribution is -0.160. The second-order valence-electron chi connectivity index (χ2n) is 24.5. The number of methoxy groups -OCH3 is 1. The van der Waals surface area contributed by atoms with Crippen LogP contribution in [0.15, 0.2) is 82.8 Å². The molecule has 7 aliphatic rings. The minimum absolute atomic E-state index is 0.0106. The van der Waals surface area contributed by atoms with Crippen LogP contribution < -0.4 is 20.4 Å².